The fourth-order valence-corrected chi connectivity index (χ4v) is 3.86. The summed E-state index contributed by atoms with van der Waals surface area (Å²) >= 11 is 6.07. The van der Waals surface area contributed by atoms with Crippen LogP contribution in [0, 0.1) is 15.9 Å². The molecule has 0 atom stereocenters. The van der Waals surface area contributed by atoms with Crippen LogP contribution in [-0.4, -0.2) is 42.9 Å². The molecule has 10 heteroatoms. The van der Waals surface area contributed by atoms with Crippen LogP contribution in [0.2, 0.25) is 5.02 Å². The Hall–Kier alpha value is -3.82. The van der Waals surface area contributed by atoms with Crippen LogP contribution < -0.4 is 10.2 Å². The number of ether oxygens (including phenoxy) is 1. The number of anilines is 2. The SMILES string of the molecule is O=C(c1ccccc1F)c1cc(Cl)ccc1NC(=O)c1cc([N+](=O)[O-])ccc1N1CCOCC1. The molecule has 174 valence electrons. The summed E-state index contributed by atoms with van der Waals surface area (Å²) < 4.78 is 19.6. The first-order valence-corrected chi connectivity index (χ1v) is 10.7. The van der Waals surface area contributed by atoms with E-state index in [2.05, 4.69) is 5.32 Å². The second kappa shape index (κ2) is 9.98. The number of hydrogen-bond donors (Lipinski definition) is 1. The molecule has 1 saturated heterocycles. The monoisotopic (exact) mass is 483 g/mol. The smallest absolute Gasteiger partial charge is 0.270 e. The van der Waals surface area contributed by atoms with E-state index in [1.807, 2.05) is 4.90 Å². The van der Waals surface area contributed by atoms with E-state index in [1.165, 1.54) is 54.6 Å². The van der Waals surface area contributed by atoms with Gasteiger partial charge in [0.05, 0.1) is 40.6 Å². The van der Waals surface area contributed by atoms with Gasteiger partial charge in [0, 0.05) is 35.8 Å². The highest BCUT2D eigenvalue weighted by atomic mass is 35.5. The van der Waals surface area contributed by atoms with Gasteiger partial charge in [-0.3, -0.25) is 19.7 Å². The average Bonchev–Trinajstić information content (AvgIpc) is 2.85. The number of ketones is 1. The van der Waals surface area contributed by atoms with Gasteiger partial charge >= 0.3 is 0 Å². The summed E-state index contributed by atoms with van der Waals surface area (Å²) in [7, 11) is 0. The molecule has 1 heterocycles. The maximum Gasteiger partial charge on any atom is 0.270 e. The van der Waals surface area contributed by atoms with Gasteiger partial charge in [0.2, 0.25) is 0 Å². The van der Waals surface area contributed by atoms with Gasteiger partial charge < -0.3 is 15.0 Å². The Bertz CT molecular complexity index is 1280. The molecule has 1 aliphatic rings. The number of nitro groups is 1. The third kappa shape index (κ3) is 4.90. The fraction of sp³-hybridized carbons (Fsp3) is 0.167. The van der Waals surface area contributed by atoms with Crippen LogP contribution in [0.5, 0.6) is 0 Å². The van der Waals surface area contributed by atoms with Crippen LogP contribution in [-0.2, 0) is 4.74 Å². The normalized spacial score (nSPS) is 13.4. The number of halogens is 2. The van der Waals surface area contributed by atoms with Crippen molar-refractivity contribution < 1.29 is 23.6 Å². The van der Waals surface area contributed by atoms with Crippen molar-refractivity contribution in [3.63, 3.8) is 0 Å². The van der Waals surface area contributed by atoms with Crippen LogP contribution in [0.15, 0.2) is 60.7 Å². The van der Waals surface area contributed by atoms with E-state index in [0.29, 0.717) is 32.0 Å². The van der Waals surface area contributed by atoms with Crippen molar-refractivity contribution in [1.82, 2.24) is 0 Å². The number of amides is 1. The predicted molar refractivity (Wildman–Crippen MR) is 125 cm³/mol. The molecule has 1 fully saturated rings. The van der Waals surface area contributed by atoms with Gasteiger partial charge in [-0.25, -0.2) is 4.39 Å². The van der Waals surface area contributed by atoms with E-state index < -0.39 is 22.4 Å². The van der Waals surface area contributed by atoms with E-state index in [0.717, 1.165) is 6.07 Å². The first-order chi connectivity index (χ1) is 16.3. The maximum absolute atomic E-state index is 14.2. The molecule has 0 unspecified atom stereocenters. The first kappa shape index (κ1) is 23.3. The maximum atomic E-state index is 14.2. The zero-order chi connectivity index (χ0) is 24.2. The Morgan fingerprint density at radius 1 is 1.00 bits per heavy atom. The van der Waals surface area contributed by atoms with Gasteiger partial charge in [-0.05, 0) is 36.4 Å². The standard InChI is InChI=1S/C24H19ClFN3O5/c25-15-5-7-21(18(13-15)23(30)17-3-1-2-4-20(17)26)27-24(31)19-14-16(29(32)33)6-8-22(19)28-9-11-34-12-10-28/h1-8,13-14H,9-12H2,(H,27,31). The van der Waals surface area contributed by atoms with Gasteiger partial charge in [-0.15, -0.1) is 0 Å². The lowest BCUT2D eigenvalue weighted by molar-refractivity contribution is -0.384. The minimum absolute atomic E-state index is 0.00990. The molecule has 0 saturated carbocycles. The molecule has 1 aliphatic heterocycles. The van der Waals surface area contributed by atoms with Crippen molar-refractivity contribution in [2.24, 2.45) is 0 Å². The number of nitrogens with zero attached hydrogens (tertiary/aromatic N) is 2. The van der Waals surface area contributed by atoms with Crippen molar-refractivity contribution in [2.45, 2.75) is 0 Å². The lowest BCUT2D eigenvalue weighted by Crippen LogP contribution is -2.37. The molecule has 0 aromatic heterocycles. The lowest BCUT2D eigenvalue weighted by Gasteiger charge is -2.30. The summed E-state index contributed by atoms with van der Waals surface area (Å²) in [6.45, 7) is 1.93. The molecule has 34 heavy (non-hydrogen) atoms. The van der Waals surface area contributed by atoms with Gasteiger partial charge in [-0.1, -0.05) is 23.7 Å². The number of hydrogen-bond acceptors (Lipinski definition) is 6. The van der Waals surface area contributed by atoms with E-state index in [4.69, 9.17) is 16.3 Å². The molecule has 3 aromatic rings. The quantitative estimate of drug-likeness (QED) is 0.309. The molecule has 4 rings (SSSR count). The summed E-state index contributed by atoms with van der Waals surface area (Å²) in [5, 5.41) is 14.2. The highest BCUT2D eigenvalue weighted by Crippen LogP contribution is 2.29. The number of nitro benzene ring substituents is 1. The number of benzene rings is 3. The Morgan fingerprint density at radius 3 is 2.44 bits per heavy atom. The molecule has 8 nitrogen and oxygen atoms in total. The van der Waals surface area contributed by atoms with Crippen LogP contribution >= 0.6 is 11.6 Å². The average molecular weight is 484 g/mol. The fourth-order valence-electron chi connectivity index (χ4n) is 3.69. The molecule has 0 radical (unpaired) electrons. The van der Waals surface area contributed by atoms with Crippen molar-refractivity contribution in [1.29, 1.82) is 0 Å². The lowest BCUT2D eigenvalue weighted by atomic mass is 10.0. The zero-order valence-corrected chi connectivity index (χ0v) is 18.5. The Morgan fingerprint density at radius 2 is 1.74 bits per heavy atom. The summed E-state index contributed by atoms with van der Waals surface area (Å²) in [5.41, 5.74) is 0.231. The van der Waals surface area contributed by atoms with Crippen molar-refractivity contribution in [3.05, 3.63) is 98.3 Å². The first-order valence-electron chi connectivity index (χ1n) is 10.4. The van der Waals surface area contributed by atoms with Crippen molar-refractivity contribution >= 4 is 40.4 Å². The Kier molecular flexibility index (Phi) is 6.85. The summed E-state index contributed by atoms with van der Waals surface area (Å²) in [5.74, 6) is -2.03. The molecule has 1 amide bonds. The van der Waals surface area contributed by atoms with E-state index in [-0.39, 0.29) is 33.1 Å². The molecule has 0 bridgehead atoms. The molecular formula is C24H19ClFN3O5. The highest BCUT2D eigenvalue weighted by molar-refractivity contribution is 6.31. The minimum Gasteiger partial charge on any atom is -0.378 e. The third-order valence-corrected chi connectivity index (χ3v) is 5.62. The minimum atomic E-state index is -0.710. The van der Waals surface area contributed by atoms with Crippen LogP contribution in [0.25, 0.3) is 0 Å². The van der Waals surface area contributed by atoms with Crippen molar-refractivity contribution in [2.75, 3.05) is 36.5 Å². The molecular weight excluding hydrogens is 465 g/mol. The number of carbonyl (C=O) groups is 2. The zero-order valence-electron chi connectivity index (χ0n) is 17.8. The van der Waals surface area contributed by atoms with E-state index >= 15 is 0 Å². The Labute approximate surface area is 199 Å². The predicted octanol–water partition coefficient (Wildman–Crippen LogP) is 4.71. The summed E-state index contributed by atoms with van der Waals surface area (Å²) in [4.78, 5) is 39.0. The number of nitrogens with one attached hydrogen (secondary N) is 1. The number of rotatable bonds is 6. The molecule has 3 aromatic carbocycles. The largest absolute Gasteiger partial charge is 0.378 e. The summed E-state index contributed by atoms with van der Waals surface area (Å²) in [6.07, 6.45) is 0. The van der Waals surface area contributed by atoms with Crippen LogP contribution in [0.4, 0.5) is 21.5 Å². The Balaban J connectivity index is 1.72. The van der Waals surface area contributed by atoms with Gasteiger partial charge in [-0.2, -0.15) is 0 Å². The summed E-state index contributed by atoms with van der Waals surface area (Å²) in [6, 6.07) is 13.8. The number of morpholine rings is 1. The van der Waals surface area contributed by atoms with Crippen LogP contribution in [0.3, 0.4) is 0 Å². The molecule has 0 spiro atoms. The number of carbonyl (C=O) groups excluding carboxylic acids is 2. The van der Waals surface area contributed by atoms with E-state index in [1.54, 1.807) is 0 Å². The van der Waals surface area contributed by atoms with Gasteiger partial charge in [0.15, 0.2) is 5.78 Å². The second-order valence-corrected chi connectivity index (χ2v) is 7.95. The third-order valence-electron chi connectivity index (χ3n) is 5.38. The van der Waals surface area contributed by atoms with Gasteiger partial charge in [0.1, 0.15) is 5.82 Å². The molecule has 1 N–H and O–H groups in total. The number of non-ortho nitro benzene ring substituents is 1. The second-order valence-electron chi connectivity index (χ2n) is 7.51. The van der Waals surface area contributed by atoms with Crippen LogP contribution in [0.1, 0.15) is 26.3 Å². The van der Waals surface area contributed by atoms with E-state index in [9.17, 15) is 24.1 Å². The highest BCUT2D eigenvalue weighted by Gasteiger charge is 2.24. The molecule has 0 aliphatic carbocycles. The van der Waals surface area contributed by atoms with Crippen molar-refractivity contribution in [3.8, 4) is 0 Å². The van der Waals surface area contributed by atoms with Gasteiger partial charge in [0.25, 0.3) is 11.6 Å². The topological polar surface area (TPSA) is 102 Å².